The van der Waals surface area contributed by atoms with Gasteiger partial charge in [0.05, 0.1) is 0 Å². The van der Waals surface area contributed by atoms with Gasteiger partial charge in [0.2, 0.25) is 0 Å². The first-order chi connectivity index (χ1) is 12.8. The predicted molar refractivity (Wildman–Crippen MR) is 117 cm³/mol. The van der Waals surface area contributed by atoms with Gasteiger partial charge in [-0.15, -0.1) is 0 Å². The van der Waals surface area contributed by atoms with Crippen LogP contribution in [0.5, 0.6) is 0 Å². The quantitative estimate of drug-likeness (QED) is 0.392. The van der Waals surface area contributed by atoms with Crippen LogP contribution in [0, 0.1) is 0 Å². The van der Waals surface area contributed by atoms with E-state index in [1.54, 1.807) is 0 Å². The molecule has 0 fully saturated rings. The minimum Gasteiger partial charge on any atom is -0.0655 e. The molecule has 4 aromatic carbocycles. The molecule has 0 N–H and O–H groups in total. The van der Waals surface area contributed by atoms with Crippen LogP contribution in [0.1, 0.15) is 0 Å². The summed E-state index contributed by atoms with van der Waals surface area (Å²) in [6.45, 7) is 0. The molecule has 0 bridgehead atoms. The topological polar surface area (TPSA) is 0 Å². The first-order valence-corrected chi connectivity index (χ1v) is 10.5. The highest BCUT2D eigenvalue weighted by Gasteiger charge is 2.48. The van der Waals surface area contributed by atoms with E-state index >= 15 is 0 Å². The Balaban J connectivity index is 2.17. The van der Waals surface area contributed by atoms with Crippen LogP contribution >= 0.6 is 7.26 Å². The fraction of sp³-hybridized carbons (Fsp3) is 0. The number of benzene rings is 4. The van der Waals surface area contributed by atoms with Crippen LogP contribution in [0.2, 0.25) is 0 Å². The zero-order valence-electron chi connectivity index (χ0n) is 14.5. The van der Waals surface area contributed by atoms with Crippen LogP contribution in [0.3, 0.4) is 0 Å². The van der Waals surface area contributed by atoms with Gasteiger partial charge in [-0.05, 0) is 42.5 Å². The van der Waals surface area contributed by atoms with E-state index in [-0.39, 0.29) is 0 Å². The van der Waals surface area contributed by atoms with Crippen LogP contribution < -0.4 is 26.7 Å². The highest BCUT2D eigenvalue weighted by Crippen LogP contribution is 2.53. The molecule has 26 heavy (non-hydrogen) atoms. The molecule has 0 spiro atoms. The average molecular weight is 349 g/mol. The average Bonchev–Trinajstić information content (AvgIpc) is 2.72. The summed E-state index contributed by atoms with van der Waals surface area (Å²) in [5.41, 5.74) is 0.845. The van der Waals surface area contributed by atoms with Crippen LogP contribution in [-0.2, 0) is 0 Å². The van der Waals surface area contributed by atoms with Crippen LogP contribution in [-0.4, -0.2) is 7.85 Å². The van der Waals surface area contributed by atoms with Crippen molar-refractivity contribution in [2.75, 3.05) is 0 Å². The Bertz CT molecular complexity index is 885. The molecule has 4 rings (SSSR count). The maximum Gasteiger partial charge on any atom is 0.143 e. The van der Waals surface area contributed by atoms with Crippen LogP contribution in [0.4, 0.5) is 0 Å². The zero-order chi connectivity index (χ0) is 17.8. The number of hydrogen-bond acceptors (Lipinski definition) is 0. The van der Waals surface area contributed by atoms with Gasteiger partial charge in [-0.25, -0.2) is 0 Å². The Morgan fingerprint density at radius 3 is 1.15 bits per heavy atom. The Labute approximate surface area is 157 Å². The van der Waals surface area contributed by atoms with E-state index in [0.29, 0.717) is 0 Å². The third kappa shape index (κ3) is 2.79. The van der Waals surface area contributed by atoms with Crippen molar-refractivity contribution in [3.8, 4) is 0 Å². The Morgan fingerprint density at radius 1 is 0.423 bits per heavy atom. The minimum atomic E-state index is -2.07. The fourth-order valence-electron chi connectivity index (χ4n) is 3.61. The lowest BCUT2D eigenvalue weighted by Crippen LogP contribution is -2.44. The van der Waals surface area contributed by atoms with Crippen LogP contribution in [0.15, 0.2) is 115 Å². The summed E-state index contributed by atoms with van der Waals surface area (Å²) >= 11 is 0. The van der Waals surface area contributed by atoms with Crippen molar-refractivity contribution >= 4 is 41.8 Å². The van der Waals surface area contributed by atoms with Gasteiger partial charge >= 0.3 is 0 Å². The molecule has 2 radical (unpaired) electrons. The van der Waals surface area contributed by atoms with E-state index < -0.39 is 7.26 Å². The molecular weight excluding hydrogens is 330 g/mol. The normalized spacial score (nSPS) is 11.2. The molecule has 0 aliphatic heterocycles. The third-order valence-electron chi connectivity index (χ3n) is 4.73. The summed E-state index contributed by atoms with van der Waals surface area (Å²) in [5, 5.41) is 5.16. The fourth-order valence-corrected chi connectivity index (χ4v) is 7.97. The van der Waals surface area contributed by atoms with Crippen molar-refractivity contribution in [1.82, 2.24) is 0 Å². The van der Waals surface area contributed by atoms with Crippen molar-refractivity contribution in [1.29, 1.82) is 0 Å². The number of rotatable bonds is 4. The van der Waals surface area contributed by atoms with Gasteiger partial charge < -0.3 is 0 Å². The van der Waals surface area contributed by atoms with Gasteiger partial charge in [0.25, 0.3) is 0 Å². The lowest BCUT2D eigenvalue weighted by atomic mass is 9.97. The van der Waals surface area contributed by atoms with E-state index in [1.807, 2.05) is 12.1 Å². The summed E-state index contributed by atoms with van der Waals surface area (Å²) in [7, 11) is 4.48. The monoisotopic (exact) mass is 349 g/mol. The van der Waals surface area contributed by atoms with Gasteiger partial charge in [-0.1, -0.05) is 78.3 Å². The Morgan fingerprint density at radius 2 is 0.769 bits per heavy atom. The maximum absolute atomic E-state index is 6.55. The van der Waals surface area contributed by atoms with E-state index in [2.05, 4.69) is 103 Å². The van der Waals surface area contributed by atoms with E-state index in [0.717, 1.165) is 5.46 Å². The van der Waals surface area contributed by atoms with E-state index in [1.165, 1.54) is 21.2 Å². The standard InChI is InChI=1S/C24H19BP/c25-23-18-10-11-19-24(23)26(20-12-4-1-5-13-20,21-14-6-2-7-15-21)22-16-8-3-9-17-22/h1-19H/q+1. The molecule has 0 saturated heterocycles. The molecule has 4 aromatic rings. The molecule has 122 valence electrons. The highest BCUT2D eigenvalue weighted by molar-refractivity contribution is 8.01. The van der Waals surface area contributed by atoms with E-state index in [4.69, 9.17) is 7.85 Å². The molecule has 0 amide bonds. The first-order valence-electron chi connectivity index (χ1n) is 8.74. The highest BCUT2D eigenvalue weighted by atomic mass is 31.2. The summed E-state index contributed by atoms with van der Waals surface area (Å²) < 4.78 is 0. The van der Waals surface area contributed by atoms with Gasteiger partial charge in [-0.3, -0.25) is 0 Å². The second-order valence-corrected chi connectivity index (χ2v) is 9.61. The summed E-state index contributed by atoms with van der Waals surface area (Å²) in [6.07, 6.45) is 0. The molecule has 0 heterocycles. The Kier molecular flexibility index (Phi) is 4.74. The van der Waals surface area contributed by atoms with Crippen molar-refractivity contribution in [3.63, 3.8) is 0 Å². The second kappa shape index (κ2) is 7.32. The molecule has 0 aliphatic carbocycles. The molecule has 0 aromatic heterocycles. The lowest BCUT2D eigenvalue weighted by Gasteiger charge is -2.28. The first kappa shape index (κ1) is 16.8. The van der Waals surface area contributed by atoms with Crippen LogP contribution in [0.25, 0.3) is 0 Å². The summed E-state index contributed by atoms with van der Waals surface area (Å²) in [4.78, 5) is 0. The van der Waals surface area contributed by atoms with Crippen molar-refractivity contribution in [2.45, 2.75) is 0 Å². The number of hydrogen-bond donors (Lipinski definition) is 0. The zero-order valence-corrected chi connectivity index (χ0v) is 15.4. The lowest BCUT2D eigenvalue weighted by molar-refractivity contribution is 1.71. The molecule has 0 nitrogen and oxygen atoms in total. The third-order valence-corrected chi connectivity index (χ3v) is 9.08. The predicted octanol–water partition coefficient (Wildman–Crippen LogP) is 3.10. The second-order valence-electron chi connectivity index (χ2n) is 6.24. The van der Waals surface area contributed by atoms with Crippen molar-refractivity contribution in [3.05, 3.63) is 115 Å². The van der Waals surface area contributed by atoms with Gasteiger partial charge in [0.1, 0.15) is 36.3 Å². The molecule has 2 heteroatoms. The van der Waals surface area contributed by atoms with Crippen molar-refractivity contribution < 1.29 is 0 Å². The summed E-state index contributed by atoms with van der Waals surface area (Å²) in [6, 6.07) is 40.7. The largest absolute Gasteiger partial charge is 0.143 e. The molecule has 0 unspecified atom stereocenters. The summed E-state index contributed by atoms with van der Waals surface area (Å²) in [5.74, 6) is 0. The molecular formula is C24H19BP+. The van der Waals surface area contributed by atoms with Gasteiger partial charge in [0, 0.05) is 0 Å². The van der Waals surface area contributed by atoms with E-state index in [9.17, 15) is 0 Å². The Hall–Kier alpha value is -2.63. The van der Waals surface area contributed by atoms with Gasteiger partial charge in [0.15, 0.2) is 0 Å². The van der Waals surface area contributed by atoms with Crippen molar-refractivity contribution in [2.24, 2.45) is 0 Å². The molecule has 0 aliphatic rings. The molecule has 0 saturated carbocycles. The maximum atomic E-state index is 6.55. The SMILES string of the molecule is [B]c1ccccc1[P+](c1ccccc1)(c1ccccc1)c1ccccc1. The minimum absolute atomic E-state index is 0.845. The molecule has 0 atom stereocenters. The van der Waals surface area contributed by atoms with Gasteiger partial charge in [-0.2, -0.15) is 0 Å². The smallest absolute Gasteiger partial charge is 0.0655 e.